The molecule has 0 atom stereocenters. The maximum absolute atomic E-state index is 11.2. The number of hydrogen-bond acceptors (Lipinski definition) is 3. The van der Waals surface area contributed by atoms with Gasteiger partial charge in [-0.3, -0.25) is 9.89 Å². The summed E-state index contributed by atoms with van der Waals surface area (Å²) < 4.78 is 0. The Morgan fingerprint density at radius 3 is 2.93 bits per heavy atom. The van der Waals surface area contributed by atoms with Gasteiger partial charge in [0.15, 0.2) is 0 Å². The van der Waals surface area contributed by atoms with Gasteiger partial charge in [-0.25, -0.2) is 0 Å². The highest BCUT2D eigenvalue weighted by molar-refractivity contribution is 5.77. The van der Waals surface area contributed by atoms with Crippen molar-refractivity contribution in [2.75, 3.05) is 13.1 Å². The molecule has 15 heavy (non-hydrogen) atoms. The first kappa shape index (κ1) is 11.7. The molecule has 0 radical (unpaired) electrons. The smallest absolute Gasteiger partial charge is 0.222 e. The molecule has 1 rings (SSSR count). The maximum Gasteiger partial charge on any atom is 0.222 e. The quantitative estimate of drug-likeness (QED) is 0.590. The van der Waals surface area contributed by atoms with E-state index in [1.54, 1.807) is 6.20 Å². The zero-order valence-corrected chi connectivity index (χ0v) is 9.21. The predicted molar refractivity (Wildman–Crippen MR) is 58.1 cm³/mol. The fraction of sp³-hybridized carbons (Fsp3) is 0.600. The normalized spacial score (nSPS) is 10.6. The van der Waals surface area contributed by atoms with Crippen LogP contribution in [0, 0.1) is 5.92 Å². The third kappa shape index (κ3) is 4.60. The summed E-state index contributed by atoms with van der Waals surface area (Å²) >= 11 is 0. The Hall–Kier alpha value is -1.36. The number of nitrogens with zero attached hydrogens (tertiary/aromatic N) is 1. The van der Waals surface area contributed by atoms with Crippen LogP contribution in [0.2, 0.25) is 0 Å². The second kappa shape index (κ2) is 6.19. The van der Waals surface area contributed by atoms with Gasteiger partial charge in [0.05, 0.1) is 0 Å². The van der Waals surface area contributed by atoms with E-state index < -0.39 is 0 Å². The maximum atomic E-state index is 11.2. The van der Waals surface area contributed by atoms with Crippen LogP contribution in [0.15, 0.2) is 12.3 Å². The second-order valence-corrected chi connectivity index (χ2v) is 3.70. The van der Waals surface area contributed by atoms with Crippen LogP contribution in [0.4, 0.5) is 0 Å². The minimum atomic E-state index is 0.0533. The SMILES string of the molecule is CC(C)C(=O)NCCNCc1ccn[nH]1. The van der Waals surface area contributed by atoms with Gasteiger partial charge in [-0.1, -0.05) is 13.8 Å². The Morgan fingerprint density at radius 2 is 2.33 bits per heavy atom. The standard InChI is InChI=1S/C10H18N4O/c1-8(2)10(15)12-6-5-11-7-9-3-4-13-14-9/h3-4,8,11H,5-7H2,1-2H3,(H,12,15)(H,13,14). The second-order valence-electron chi connectivity index (χ2n) is 3.70. The lowest BCUT2D eigenvalue weighted by molar-refractivity contribution is -0.123. The van der Waals surface area contributed by atoms with Crippen LogP contribution >= 0.6 is 0 Å². The topological polar surface area (TPSA) is 69.8 Å². The first-order valence-corrected chi connectivity index (χ1v) is 5.17. The zero-order valence-electron chi connectivity index (χ0n) is 9.21. The van der Waals surface area contributed by atoms with E-state index in [0.29, 0.717) is 6.54 Å². The summed E-state index contributed by atoms with van der Waals surface area (Å²) in [6, 6.07) is 1.92. The molecule has 0 aromatic carbocycles. The predicted octanol–water partition coefficient (Wildman–Crippen LogP) is 0.271. The van der Waals surface area contributed by atoms with E-state index in [1.807, 2.05) is 19.9 Å². The summed E-state index contributed by atoms with van der Waals surface area (Å²) in [6.07, 6.45) is 1.72. The molecule has 84 valence electrons. The number of carbonyl (C=O) groups excluding carboxylic acids is 1. The van der Waals surface area contributed by atoms with Crippen molar-refractivity contribution in [3.8, 4) is 0 Å². The Bertz CT molecular complexity index is 282. The molecule has 5 heteroatoms. The van der Waals surface area contributed by atoms with Crippen LogP contribution < -0.4 is 10.6 Å². The van der Waals surface area contributed by atoms with Crippen LogP contribution in [0.25, 0.3) is 0 Å². The molecule has 0 bridgehead atoms. The van der Waals surface area contributed by atoms with Crippen molar-refractivity contribution >= 4 is 5.91 Å². The van der Waals surface area contributed by atoms with Crippen molar-refractivity contribution < 1.29 is 4.79 Å². The van der Waals surface area contributed by atoms with Gasteiger partial charge in [0, 0.05) is 37.4 Å². The summed E-state index contributed by atoms with van der Waals surface area (Å²) in [5.74, 6) is 0.149. The fourth-order valence-electron chi connectivity index (χ4n) is 1.08. The van der Waals surface area contributed by atoms with Gasteiger partial charge in [-0.2, -0.15) is 5.10 Å². The number of aromatic nitrogens is 2. The molecule has 0 aliphatic carbocycles. The number of carbonyl (C=O) groups is 1. The zero-order chi connectivity index (χ0) is 11.1. The van der Waals surface area contributed by atoms with E-state index in [4.69, 9.17) is 0 Å². The van der Waals surface area contributed by atoms with E-state index in [0.717, 1.165) is 18.8 Å². The first-order chi connectivity index (χ1) is 7.20. The van der Waals surface area contributed by atoms with E-state index in [9.17, 15) is 4.79 Å². The molecule has 1 aromatic heterocycles. The molecule has 3 N–H and O–H groups in total. The van der Waals surface area contributed by atoms with Crippen LogP contribution in [0.3, 0.4) is 0 Å². The lowest BCUT2D eigenvalue weighted by Gasteiger charge is -2.07. The Labute approximate surface area is 89.6 Å². The number of hydrogen-bond donors (Lipinski definition) is 3. The minimum Gasteiger partial charge on any atom is -0.355 e. The van der Waals surface area contributed by atoms with Gasteiger partial charge in [0.2, 0.25) is 5.91 Å². The Kier molecular flexibility index (Phi) is 4.83. The lowest BCUT2D eigenvalue weighted by Crippen LogP contribution is -2.34. The lowest BCUT2D eigenvalue weighted by atomic mass is 10.2. The van der Waals surface area contributed by atoms with Crippen molar-refractivity contribution in [3.63, 3.8) is 0 Å². The molecule has 0 unspecified atom stereocenters. The highest BCUT2D eigenvalue weighted by Crippen LogP contribution is 1.90. The molecule has 0 spiro atoms. The molecule has 0 aliphatic rings. The van der Waals surface area contributed by atoms with Crippen LogP contribution in [0.5, 0.6) is 0 Å². The summed E-state index contributed by atoms with van der Waals surface area (Å²) in [6.45, 7) is 5.93. The van der Waals surface area contributed by atoms with Gasteiger partial charge < -0.3 is 10.6 Å². The van der Waals surface area contributed by atoms with Gasteiger partial charge in [-0.15, -0.1) is 0 Å². The molecule has 0 saturated carbocycles. The number of rotatable bonds is 6. The summed E-state index contributed by atoms with van der Waals surface area (Å²) in [4.78, 5) is 11.2. The van der Waals surface area contributed by atoms with E-state index in [2.05, 4.69) is 20.8 Å². The van der Waals surface area contributed by atoms with Crippen LogP contribution in [-0.4, -0.2) is 29.2 Å². The molecule has 1 aromatic rings. The number of aromatic amines is 1. The first-order valence-electron chi connectivity index (χ1n) is 5.17. The summed E-state index contributed by atoms with van der Waals surface area (Å²) in [5.41, 5.74) is 1.05. The summed E-state index contributed by atoms with van der Waals surface area (Å²) in [7, 11) is 0. The van der Waals surface area contributed by atoms with Crippen molar-refractivity contribution in [2.24, 2.45) is 5.92 Å². The third-order valence-corrected chi connectivity index (χ3v) is 2.00. The number of amides is 1. The number of nitrogens with one attached hydrogen (secondary N) is 3. The highest BCUT2D eigenvalue weighted by Gasteiger charge is 2.04. The average molecular weight is 210 g/mol. The largest absolute Gasteiger partial charge is 0.355 e. The molecule has 5 nitrogen and oxygen atoms in total. The van der Waals surface area contributed by atoms with Gasteiger partial charge >= 0.3 is 0 Å². The van der Waals surface area contributed by atoms with Crippen LogP contribution in [0.1, 0.15) is 19.5 Å². The molecule has 0 aliphatic heterocycles. The van der Waals surface area contributed by atoms with E-state index in [1.165, 1.54) is 0 Å². The molecular formula is C10H18N4O. The minimum absolute atomic E-state index is 0.0533. The molecule has 1 amide bonds. The average Bonchev–Trinajstić information content (AvgIpc) is 2.69. The van der Waals surface area contributed by atoms with Crippen LogP contribution in [-0.2, 0) is 11.3 Å². The van der Waals surface area contributed by atoms with Crippen molar-refractivity contribution in [1.29, 1.82) is 0 Å². The van der Waals surface area contributed by atoms with Crippen molar-refractivity contribution in [3.05, 3.63) is 18.0 Å². The van der Waals surface area contributed by atoms with E-state index in [-0.39, 0.29) is 11.8 Å². The van der Waals surface area contributed by atoms with E-state index >= 15 is 0 Å². The highest BCUT2D eigenvalue weighted by atomic mass is 16.1. The van der Waals surface area contributed by atoms with Gasteiger partial charge in [0.1, 0.15) is 0 Å². The number of H-pyrrole nitrogens is 1. The Morgan fingerprint density at radius 1 is 1.53 bits per heavy atom. The molecular weight excluding hydrogens is 192 g/mol. The molecule has 1 heterocycles. The fourth-order valence-corrected chi connectivity index (χ4v) is 1.08. The summed E-state index contributed by atoms with van der Waals surface area (Å²) in [5, 5.41) is 12.7. The van der Waals surface area contributed by atoms with Crippen molar-refractivity contribution in [2.45, 2.75) is 20.4 Å². The van der Waals surface area contributed by atoms with Gasteiger partial charge in [0.25, 0.3) is 0 Å². The molecule has 0 saturated heterocycles. The third-order valence-electron chi connectivity index (χ3n) is 2.00. The Balaban J connectivity index is 2.00. The monoisotopic (exact) mass is 210 g/mol. The molecule has 0 fully saturated rings. The van der Waals surface area contributed by atoms with Gasteiger partial charge in [-0.05, 0) is 6.07 Å². The van der Waals surface area contributed by atoms with Crippen molar-refractivity contribution in [1.82, 2.24) is 20.8 Å².